The van der Waals surface area contributed by atoms with Crippen molar-refractivity contribution >= 4 is 0 Å². The average molecular weight is 238 g/mol. The second-order valence-corrected chi connectivity index (χ2v) is 7.74. The fourth-order valence-electron chi connectivity index (χ4n) is 5.82. The van der Waals surface area contributed by atoms with Gasteiger partial charge >= 0.3 is 0 Å². The lowest BCUT2D eigenvalue weighted by Gasteiger charge is -2.72. The van der Waals surface area contributed by atoms with Crippen molar-refractivity contribution in [2.45, 2.75) is 65.1 Å². The molecule has 0 radical (unpaired) electrons. The molecule has 2 nitrogen and oxygen atoms in total. The van der Waals surface area contributed by atoms with Crippen LogP contribution in [0.25, 0.3) is 0 Å². The molecule has 4 saturated carbocycles. The number of hydrogen-bond donors (Lipinski definition) is 2. The van der Waals surface area contributed by atoms with Crippen molar-refractivity contribution in [3.8, 4) is 0 Å². The Hall–Kier alpha value is -0.0800. The minimum absolute atomic E-state index is 0.0810. The molecule has 0 aromatic heterocycles. The second-order valence-electron chi connectivity index (χ2n) is 7.74. The lowest BCUT2D eigenvalue weighted by atomic mass is 9.35. The SMILES string of the molecule is C[C@H]1CC[C@]2(O)C(C)(C)[C@H]3C[C@@H]1[C@]2(C)C[C@H]3O. The Balaban J connectivity index is 2.14. The van der Waals surface area contributed by atoms with E-state index in [4.69, 9.17) is 0 Å². The van der Waals surface area contributed by atoms with E-state index in [1.54, 1.807) is 0 Å². The van der Waals surface area contributed by atoms with Gasteiger partial charge in [-0.3, -0.25) is 0 Å². The van der Waals surface area contributed by atoms with Gasteiger partial charge in [0.05, 0.1) is 11.7 Å². The van der Waals surface area contributed by atoms with E-state index in [9.17, 15) is 10.2 Å². The highest BCUT2D eigenvalue weighted by Crippen LogP contribution is 2.71. The smallest absolute Gasteiger partial charge is 0.0759 e. The molecule has 0 unspecified atom stereocenters. The molecule has 6 atom stereocenters. The lowest BCUT2D eigenvalue weighted by molar-refractivity contribution is -0.315. The van der Waals surface area contributed by atoms with Crippen molar-refractivity contribution in [3.05, 3.63) is 0 Å². The predicted molar refractivity (Wildman–Crippen MR) is 67.5 cm³/mol. The van der Waals surface area contributed by atoms with Gasteiger partial charge in [-0.2, -0.15) is 0 Å². The van der Waals surface area contributed by atoms with Gasteiger partial charge in [-0.05, 0) is 48.9 Å². The van der Waals surface area contributed by atoms with Crippen LogP contribution in [0.4, 0.5) is 0 Å². The van der Waals surface area contributed by atoms with Crippen molar-refractivity contribution < 1.29 is 10.2 Å². The van der Waals surface area contributed by atoms with Gasteiger partial charge in [-0.1, -0.05) is 27.7 Å². The Morgan fingerprint density at radius 3 is 2.41 bits per heavy atom. The van der Waals surface area contributed by atoms with E-state index in [1.165, 1.54) is 0 Å². The zero-order valence-electron chi connectivity index (χ0n) is 11.5. The Kier molecular flexibility index (Phi) is 2.17. The summed E-state index contributed by atoms with van der Waals surface area (Å²) in [7, 11) is 0. The molecule has 0 spiro atoms. The zero-order chi connectivity index (χ0) is 12.6. The number of hydrogen-bond acceptors (Lipinski definition) is 2. The number of aliphatic hydroxyl groups is 2. The summed E-state index contributed by atoms with van der Waals surface area (Å²) in [6.45, 7) is 8.90. The molecule has 4 aliphatic carbocycles. The molecule has 0 aromatic carbocycles. The molecule has 0 aliphatic heterocycles. The van der Waals surface area contributed by atoms with E-state index in [-0.39, 0.29) is 22.9 Å². The highest BCUT2D eigenvalue weighted by molar-refractivity contribution is 5.21. The van der Waals surface area contributed by atoms with Gasteiger partial charge < -0.3 is 10.2 Å². The van der Waals surface area contributed by atoms with Gasteiger partial charge in [-0.25, -0.2) is 0 Å². The molecule has 0 heterocycles. The maximum absolute atomic E-state index is 11.3. The van der Waals surface area contributed by atoms with E-state index in [0.717, 1.165) is 25.7 Å². The summed E-state index contributed by atoms with van der Waals surface area (Å²) in [5.74, 6) is 1.58. The Labute approximate surface area is 104 Å². The topological polar surface area (TPSA) is 40.5 Å². The molecule has 4 aliphatic rings. The standard InChI is InChI=1S/C15H26O2/c1-9-5-6-15(17)13(2,3)11-7-10(9)14(15,4)8-12(11)16/h9-12,16-17H,5-8H2,1-4H3/t9-,10-,11-,12+,14-,15-/m0/s1. The van der Waals surface area contributed by atoms with Gasteiger partial charge in [0, 0.05) is 5.41 Å². The molecule has 98 valence electrons. The van der Waals surface area contributed by atoms with E-state index < -0.39 is 5.60 Å². The minimum atomic E-state index is -0.570. The van der Waals surface area contributed by atoms with Gasteiger partial charge in [0.15, 0.2) is 0 Å². The van der Waals surface area contributed by atoms with Crippen LogP contribution in [0.15, 0.2) is 0 Å². The third kappa shape index (κ3) is 1.10. The molecule has 4 fully saturated rings. The quantitative estimate of drug-likeness (QED) is 0.681. The zero-order valence-corrected chi connectivity index (χ0v) is 11.5. The van der Waals surface area contributed by atoms with E-state index >= 15 is 0 Å². The third-order valence-corrected chi connectivity index (χ3v) is 7.01. The Morgan fingerprint density at radius 2 is 1.76 bits per heavy atom. The van der Waals surface area contributed by atoms with Crippen molar-refractivity contribution in [2.75, 3.05) is 0 Å². The number of aliphatic hydroxyl groups excluding tert-OH is 1. The van der Waals surface area contributed by atoms with Crippen molar-refractivity contribution in [2.24, 2.45) is 28.6 Å². The largest absolute Gasteiger partial charge is 0.393 e. The first kappa shape index (κ1) is 12.0. The van der Waals surface area contributed by atoms with Crippen molar-refractivity contribution in [1.82, 2.24) is 0 Å². The summed E-state index contributed by atoms with van der Waals surface area (Å²) in [6, 6.07) is 0. The van der Waals surface area contributed by atoms with Crippen LogP contribution in [0.2, 0.25) is 0 Å². The molecule has 0 aromatic rings. The number of rotatable bonds is 0. The highest BCUT2D eigenvalue weighted by Gasteiger charge is 2.72. The first-order valence-corrected chi connectivity index (χ1v) is 7.14. The van der Waals surface area contributed by atoms with Crippen LogP contribution in [-0.4, -0.2) is 21.9 Å². The average Bonchev–Trinajstić information content (AvgIpc) is 2.21. The molecule has 4 bridgehead atoms. The van der Waals surface area contributed by atoms with Gasteiger partial charge in [0.2, 0.25) is 0 Å². The van der Waals surface area contributed by atoms with Crippen molar-refractivity contribution in [3.63, 3.8) is 0 Å². The molecule has 0 saturated heterocycles. The monoisotopic (exact) mass is 238 g/mol. The van der Waals surface area contributed by atoms with Crippen LogP contribution in [0.3, 0.4) is 0 Å². The second kappa shape index (κ2) is 3.08. The van der Waals surface area contributed by atoms with E-state index in [0.29, 0.717) is 11.8 Å². The fourth-order valence-corrected chi connectivity index (χ4v) is 5.82. The minimum Gasteiger partial charge on any atom is -0.393 e. The summed E-state index contributed by atoms with van der Waals surface area (Å²) in [4.78, 5) is 0. The first-order chi connectivity index (χ1) is 7.74. The van der Waals surface area contributed by atoms with Crippen LogP contribution in [0.1, 0.15) is 53.4 Å². The van der Waals surface area contributed by atoms with E-state index in [1.807, 2.05) is 0 Å². The maximum atomic E-state index is 11.3. The van der Waals surface area contributed by atoms with E-state index in [2.05, 4.69) is 27.7 Å². The lowest BCUT2D eigenvalue weighted by Crippen LogP contribution is -2.74. The molecule has 17 heavy (non-hydrogen) atoms. The van der Waals surface area contributed by atoms with Gasteiger partial charge in [0.25, 0.3) is 0 Å². The van der Waals surface area contributed by atoms with Gasteiger partial charge in [-0.15, -0.1) is 0 Å². The normalized spacial score (nSPS) is 60.4. The van der Waals surface area contributed by atoms with Gasteiger partial charge in [0.1, 0.15) is 0 Å². The Bertz CT molecular complexity index is 351. The van der Waals surface area contributed by atoms with Crippen LogP contribution in [0.5, 0.6) is 0 Å². The predicted octanol–water partition coefficient (Wildman–Crippen LogP) is 2.58. The Morgan fingerprint density at radius 1 is 1.12 bits per heavy atom. The highest BCUT2D eigenvalue weighted by atomic mass is 16.3. The fraction of sp³-hybridized carbons (Fsp3) is 1.00. The first-order valence-electron chi connectivity index (χ1n) is 7.14. The van der Waals surface area contributed by atoms with Crippen LogP contribution in [0, 0.1) is 28.6 Å². The maximum Gasteiger partial charge on any atom is 0.0759 e. The van der Waals surface area contributed by atoms with Crippen LogP contribution in [-0.2, 0) is 0 Å². The molecule has 4 rings (SSSR count). The summed E-state index contributed by atoms with van der Waals surface area (Å²) in [5.41, 5.74) is -0.794. The molecular formula is C15H26O2. The third-order valence-electron chi connectivity index (χ3n) is 7.01. The molecular weight excluding hydrogens is 212 g/mol. The summed E-state index contributed by atoms with van der Waals surface area (Å²) < 4.78 is 0. The number of fused-ring (bicyclic) bond motifs is 1. The molecule has 2 N–H and O–H groups in total. The summed E-state index contributed by atoms with van der Waals surface area (Å²) >= 11 is 0. The summed E-state index contributed by atoms with van der Waals surface area (Å²) in [6.07, 6.45) is 3.75. The molecule has 2 heteroatoms. The van der Waals surface area contributed by atoms with Crippen LogP contribution < -0.4 is 0 Å². The van der Waals surface area contributed by atoms with Crippen molar-refractivity contribution in [1.29, 1.82) is 0 Å². The summed E-state index contributed by atoms with van der Waals surface area (Å²) in [5, 5.41) is 21.6. The molecule has 0 amide bonds. The van der Waals surface area contributed by atoms with Crippen LogP contribution >= 0.6 is 0 Å².